The molecule has 1 heterocycles. The fourth-order valence-electron chi connectivity index (χ4n) is 5.13. The zero-order chi connectivity index (χ0) is 13.3. The summed E-state index contributed by atoms with van der Waals surface area (Å²) in [5.74, 6) is 4.11. The van der Waals surface area contributed by atoms with Crippen molar-refractivity contribution in [3.8, 4) is 0 Å². The molecule has 20 heavy (non-hydrogen) atoms. The number of benzene rings is 1. The summed E-state index contributed by atoms with van der Waals surface area (Å²) in [4.78, 5) is 3.33. The highest BCUT2D eigenvalue weighted by Gasteiger charge is 2.64. The molecule has 3 fully saturated rings. The molecule has 0 spiro atoms. The molecule has 2 bridgehead atoms. The summed E-state index contributed by atoms with van der Waals surface area (Å²) in [5, 5.41) is 5.92. The van der Waals surface area contributed by atoms with Crippen LogP contribution in [0.15, 0.2) is 24.4 Å². The maximum atomic E-state index is 6.03. The minimum atomic E-state index is 0.798. The molecule has 4 atom stereocenters. The fourth-order valence-corrected chi connectivity index (χ4v) is 5.30. The van der Waals surface area contributed by atoms with E-state index in [-0.39, 0.29) is 0 Å². The molecule has 104 valence electrons. The number of rotatable bonds is 3. The Morgan fingerprint density at radius 2 is 2.00 bits per heavy atom. The predicted octanol–water partition coefficient (Wildman–Crippen LogP) is 3.96. The van der Waals surface area contributed by atoms with Gasteiger partial charge in [-0.25, -0.2) is 0 Å². The maximum absolute atomic E-state index is 6.03. The molecule has 2 aromatic rings. The Kier molecular flexibility index (Phi) is 2.34. The number of aromatic nitrogens is 1. The molecule has 3 aliphatic rings. The van der Waals surface area contributed by atoms with Gasteiger partial charge in [-0.3, -0.25) is 0 Å². The second kappa shape index (κ2) is 4.02. The lowest BCUT2D eigenvalue weighted by molar-refractivity contribution is 0.456. The number of halogens is 1. The van der Waals surface area contributed by atoms with Crippen molar-refractivity contribution in [2.24, 2.45) is 23.7 Å². The van der Waals surface area contributed by atoms with Crippen molar-refractivity contribution in [3.05, 3.63) is 35.0 Å². The third-order valence-electron chi connectivity index (χ3n) is 5.99. The van der Waals surface area contributed by atoms with E-state index in [0.717, 1.165) is 46.8 Å². The van der Waals surface area contributed by atoms with Crippen LogP contribution in [0, 0.1) is 23.7 Å². The smallest absolute Gasteiger partial charge is 0.0472 e. The Balaban J connectivity index is 1.32. The van der Waals surface area contributed by atoms with Gasteiger partial charge in [-0.15, -0.1) is 0 Å². The zero-order valence-electron chi connectivity index (χ0n) is 11.4. The van der Waals surface area contributed by atoms with E-state index in [0.29, 0.717) is 0 Å². The van der Waals surface area contributed by atoms with Crippen LogP contribution in [0.3, 0.4) is 0 Å². The first-order valence-electron chi connectivity index (χ1n) is 7.80. The average Bonchev–Trinajstić information content (AvgIpc) is 2.83. The third kappa shape index (κ3) is 1.55. The van der Waals surface area contributed by atoms with Crippen LogP contribution >= 0.6 is 11.6 Å². The van der Waals surface area contributed by atoms with Crippen molar-refractivity contribution >= 4 is 22.5 Å². The molecule has 2 N–H and O–H groups in total. The van der Waals surface area contributed by atoms with E-state index in [9.17, 15) is 0 Å². The Bertz CT molecular complexity index is 661. The normalized spacial score (nSPS) is 37.5. The standard InChI is InChI=1S/C17H19ClN2/c18-12-3-4-13-11(7-19-14(13)6-12)8-20-17-15-9-1-2-10(5-9)16(15)17/h3-4,6-7,9-10,15-17,19-20H,1-2,5,8H2. The first kappa shape index (κ1) is 11.6. The average molecular weight is 287 g/mol. The zero-order valence-corrected chi connectivity index (χ0v) is 12.2. The third-order valence-corrected chi connectivity index (χ3v) is 6.23. The summed E-state index contributed by atoms with van der Waals surface area (Å²) in [7, 11) is 0. The van der Waals surface area contributed by atoms with Gasteiger partial charge in [0.1, 0.15) is 0 Å². The second-order valence-electron chi connectivity index (χ2n) is 6.90. The van der Waals surface area contributed by atoms with Crippen molar-refractivity contribution in [1.82, 2.24) is 10.3 Å². The molecular formula is C17H19ClN2. The van der Waals surface area contributed by atoms with E-state index in [4.69, 9.17) is 11.6 Å². The van der Waals surface area contributed by atoms with E-state index < -0.39 is 0 Å². The first-order valence-corrected chi connectivity index (χ1v) is 8.18. The van der Waals surface area contributed by atoms with Crippen molar-refractivity contribution in [1.29, 1.82) is 0 Å². The minimum Gasteiger partial charge on any atom is -0.361 e. The minimum absolute atomic E-state index is 0.798. The van der Waals surface area contributed by atoms with E-state index in [1.54, 1.807) is 0 Å². The monoisotopic (exact) mass is 286 g/mol. The highest BCUT2D eigenvalue weighted by atomic mass is 35.5. The predicted molar refractivity (Wildman–Crippen MR) is 81.7 cm³/mol. The summed E-state index contributed by atoms with van der Waals surface area (Å²) < 4.78 is 0. The largest absolute Gasteiger partial charge is 0.361 e. The van der Waals surface area contributed by atoms with Gasteiger partial charge >= 0.3 is 0 Å². The summed E-state index contributed by atoms with van der Waals surface area (Å²) in [5.41, 5.74) is 2.51. The molecule has 5 rings (SSSR count). The number of hydrogen-bond acceptors (Lipinski definition) is 1. The molecule has 1 aromatic carbocycles. The second-order valence-corrected chi connectivity index (χ2v) is 7.33. The van der Waals surface area contributed by atoms with Gasteiger partial charge in [-0.2, -0.15) is 0 Å². The molecule has 3 saturated carbocycles. The molecule has 0 amide bonds. The van der Waals surface area contributed by atoms with Gasteiger partial charge in [0.05, 0.1) is 0 Å². The van der Waals surface area contributed by atoms with Crippen LogP contribution in [0.5, 0.6) is 0 Å². The van der Waals surface area contributed by atoms with Crippen molar-refractivity contribution < 1.29 is 0 Å². The highest BCUT2D eigenvalue weighted by Crippen LogP contribution is 2.65. The summed E-state index contributed by atoms with van der Waals surface area (Å²) in [6.45, 7) is 0.985. The lowest BCUT2D eigenvalue weighted by Crippen LogP contribution is -2.22. The molecular weight excluding hydrogens is 268 g/mol. The van der Waals surface area contributed by atoms with E-state index in [1.165, 1.54) is 30.2 Å². The summed E-state index contributed by atoms with van der Waals surface area (Å²) in [6, 6.07) is 6.92. The Morgan fingerprint density at radius 3 is 2.80 bits per heavy atom. The van der Waals surface area contributed by atoms with E-state index in [1.807, 2.05) is 12.1 Å². The van der Waals surface area contributed by atoms with Crippen molar-refractivity contribution in [3.63, 3.8) is 0 Å². The number of nitrogens with one attached hydrogen (secondary N) is 2. The Labute approximate surface area is 123 Å². The van der Waals surface area contributed by atoms with Gasteiger partial charge in [0.2, 0.25) is 0 Å². The van der Waals surface area contributed by atoms with Gasteiger partial charge in [0.15, 0.2) is 0 Å². The molecule has 1 aromatic heterocycles. The van der Waals surface area contributed by atoms with Crippen LogP contribution in [-0.2, 0) is 6.54 Å². The Hall–Kier alpha value is -0.990. The van der Waals surface area contributed by atoms with Crippen LogP contribution in [0.1, 0.15) is 24.8 Å². The fraction of sp³-hybridized carbons (Fsp3) is 0.529. The van der Waals surface area contributed by atoms with Gasteiger partial charge < -0.3 is 10.3 Å². The van der Waals surface area contributed by atoms with Crippen LogP contribution in [0.4, 0.5) is 0 Å². The van der Waals surface area contributed by atoms with Gasteiger partial charge in [-0.05, 0) is 60.6 Å². The topological polar surface area (TPSA) is 27.8 Å². The quantitative estimate of drug-likeness (QED) is 0.878. The van der Waals surface area contributed by atoms with Crippen molar-refractivity contribution in [2.45, 2.75) is 31.8 Å². The lowest BCUT2D eigenvalue weighted by atomic mass is 10.0. The van der Waals surface area contributed by atoms with Crippen LogP contribution in [0.25, 0.3) is 10.9 Å². The van der Waals surface area contributed by atoms with E-state index >= 15 is 0 Å². The van der Waals surface area contributed by atoms with Crippen LogP contribution in [-0.4, -0.2) is 11.0 Å². The number of hydrogen-bond donors (Lipinski definition) is 2. The molecule has 2 nitrogen and oxygen atoms in total. The summed E-state index contributed by atoms with van der Waals surface area (Å²) >= 11 is 6.03. The lowest BCUT2D eigenvalue weighted by Gasteiger charge is -2.10. The number of H-pyrrole nitrogens is 1. The molecule has 3 aliphatic carbocycles. The summed E-state index contributed by atoms with van der Waals surface area (Å²) in [6.07, 6.45) is 6.64. The van der Waals surface area contributed by atoms with Gasteiger partial charge in [0.25, 0.3) is 0 Å². The highest BCUT2D eigenvalue weighted by molar-refractivity contribution is 6.31. The number of aromatic amines is 1. The van der Waals surface area contributed by atoms with Crippen LogP contribution in [0.2, 0.25) is 5.02 Å². The number of fused-ring (bicyclic) bond motifs is 6. The maximum Gasteiger partial charge on any atom is 0.0472 e. The Morgan fingerprint density at radius 1 is 1.20 bits per heavy atom. The molecule has 4 unspecified atom stereocenters. The molecule has 0 radical (unpaired) electrons. The van der Waals surface area contributed by atoms with E-state index in [2.05, 4.69) is 22.6 Å². The van der Waals surface area contributed by atoms with Gasteiger partial charge in [-0.1, -0.05) is 17.7 Å². The SMILES string of the molecule is Clc1ccc2c(CNC3C4C5CCC(C5)C34)c[nH]c2c1. The molecule has 0 saturated heterocycles. The first-order chi connectivity index (χ1) is 9.81. The molecule has 0 aliphatic heterocycles. The van der Waals surface area contributed by atoms with Crippen LogP contribution < -0.4 is 5.32 Å². The molecule has 3 heteroatoms. The van der Waals surface area contributed by atoms with Gasteiger partial charge in [0, 0.05) is 34.7 Å². The van der Waals surface area contributed by atoms with Crippen molar-refractivity contribution in [2.75, 3.05) is 0 Å².